The van der Waals surface area contributed by atoms with Crippen LogP contribution in [0.25, 0.3) is 0 Å². The van der Waals surface area contributed by atoms with Crippen LogP contribution in [0.3, 0.4) is 0 Å². The van der Waals surface area contributed by atoms with Crippen molar-refractivity contribution in [3.8, 4) is 11.8 Å². The van der Waals surface area contributed by atoms with E-state index < -0.39 is 0 Å². The van der Waals surface area contributed by atoms with Crippen molar-refractivity contribution in [2.24, 2.45) is 0 Å². The second-order valence-corrected chi connectivity index (χ2v) is 3.32. The Balaban J connectivity index is 2.67. The fourth-order valence-electron chi connectivity index (χ4n) is 1.21. The lowest BCUT2D eigenvalue weighted by Gasteiger charge is -2.04. The molecule has 0 aliphatic rings. The quantitative estimate of drug-likeness (QED) is 0.624. The summed E-state index contributed by atoms with van der Waals surface area (Å²) in [5.74, 6) is 4.80. The third-order valence-electron chi connectivity index (χ3n) is 1.97. The Hall–Kier alpha value is -1.37. The molecule has 0 heterocycles. The SMILES string of the molecule is CCCOCc1ccc(C#CCO)cc1F. The van der Waals surface area contributed by atoms with Gasteiger partial charge in [-0.25, -0.2) is 4.39 Å². The van der Waals surface area contributed by atoms with E-state index in [1.807, 2.05) is 6.92 Å². The topological polar surface area (TPSA) is 29.5 Å². The monoisotopic (exact) mass is 222 g/mol. The van der Waals surface area contributed by atoms with Crippen LogP contribution in [0.4, 0.5) is 4.39 Å². The molecule has 86 valence electrons. The molecule has 0 amide bonds. The third-order valence-corrected chi connectivity index (χ3v) is 1.97. The Kier molecular flexibility index (Phi) is 5.55. The summed E-state index contributed by atoms with van der Waals surface area (Å²) in [6.45, 7) is 2.70. The maximum Gasteiger partial charge on any atom is 0.129 e. The normalized spacial score (nSPS) is 9.69. The second-order valence-electron chi connectivity index (χ2n) is 3.32. The van der Waals surface area contributed by atoms with Crippen LogP contribution in [0, 0.1) is 17.7 Å². The molecule has 2 nitrogen and oxygen atoms in total. The van der Waals surface area contributed by atoms with Gasteiger partial charge >= 0.3 is 0 Å². The molecule has 0 spiro atoms. The first-order valence-electron chi connectivity index (χ1n) is 5.23. The van der Waals surface area contributed by atoms with Crippen LogP contribution in [0.5, 0.6) is 0 Å². The number of ether oxygens (including phenoxy) is 1. The van der Waals surface area contributed by atoms with E-state index in [-0.39, 0.29) is 19.0 Å². The van der Waals surface area contributed by atoms with Crippen LogP contribution < -0.4 is 0 Å². The zero-order chi connectivity index (χ0) is 11.8. The van der Waals surface area contributed by atoms with Gasteiger partial charge < -0.3 is 9.84 Å². The molecule has 1 N–H and O–H groups in total. The van der Waals surface area contributed by atoms with Gasteiger partial charge in [0.05, 0.1) is 6.61 Å². The van der Waals surface area contributed by atoms with E-state index in [4.69, 9.17) is 9.84 Å². The molecule has 16 heavy (non-hydrogen) atoms. The maximum absolute atomic E-state index is 13.5. The third kappa shape index (κ3) is 4.01. The smallest absolute Gasteiger partial charge is 0.129 e. The van der Waals surface area contributed by atoms with Gasteiger partial charge in [-0.1, -0.05) is 24.8 Å². The average molecular weight is 222 g/mol. The molecule has 0 unspecified atom stereocenters. The summed E-state index contributed by atoms with van der Waals surface area (Å²) in [4.78, 5) is 0. The van der Waals surface area contributed by atoms with Crippen LogP contribution in [-0.2, 0) is 11.3 Å². The van der Waals surface area contributed by atoms with Gasteiger partial charge in [-0.2, -0.15) is 0 Å². The van der Waals surface area contributed by atoms with Gasteiger partial charge in [-0.15, -0.1) is 0 Å². The molecular weight excluding hydrogens is 207 g/mol. The predicted molar refractivity (Wildman–Crippen MR) is 60.3 cm³/mol. The van der Waals surface area contributed by atoms with E-state index in [1.165, 1.54) is 6.07 Å². The van der Waals surface area contributed by atoms with E-state index in [9.17, 15) is 4.39 Å². The Morgan fingerprint density at radius 2 is 2.25 bits per heavy atom. The molecule has 0 aliphatic heterocycles. The van der Waals surface area contributed by atoms with Gasteiger partial charge in [0.15, 0.2) is 0 Å². The lowest BCUT2D eigenvalue weighted by atomic mass is 10.1. The van der Waals surface area contributed by atoms with Crippen LogP contribution in [-0.4, -0.2) is 18.3 Å². The lowest BCUT2D eigenvalue weighted by molar-refractivity contribution is 0.119. The fraction of sp³-hybridized carbons (Fsp3) is 0.385. The van der Waals surface area contributed by atoms with Crippen molar-refractivity contribution < 1.29 is 14.2 Å². The van der Waals surface area contributed by atoms with Crippen LogP contribution >= 0.6 is 0 Å². The first-order valence-corrected chi connectivity index (χ1v) is 5.23. The molecule has 0 saturated carbocycles. The van der Waals surface area contributed by atoms with Crippen molar-refractivity contribution in [3.63, 3.8) is 0 Å². The van der Waals surface area contributed by atoms with Gasteiger partial charge in [-0.05, 0) is 18.6 Å². The van der Waals surface area contributed by atoms with E-state index in [1.54, 1.807) is 12.1 Å². The first kappa shape index (κ1) is 12.7. The zero-order valence-corrected chi connectivity index (χ0v) is 9.29. The van der Waals surface area contributed by atoms with Gasteiger partial charge in [0.1, 0.15) is 12.4 Å². The minimum Gasteiger partial charge on any atom is -0.384 e. The maximum atomic E-state index is 13.5. The first-order chi connectivity index (χ1) is 7.77. The summed E-state index contributed by atoms with van der Waals surface area (Å²) >= 11 is 0. The van der Waals surface area contributed by atoms with Gasteiger partial charge in [0.25, 0.3) is 0 Å². The highest BCUT2D eigenvalue weighted by atomic mass is 19.1. The van der Waals surface area contributed by atoms with Crippen molar-refractivity contribution >= 4 is 0 Å². The molecule has 0 saturated heterocycles. The molecule has 0 radical (unpaired) electrons. The lowest BCUT2D eigenvalue weighted by Crippen LogP contribution is -1.97. The molecule has 0 bridgehead atoms. The fourth-order valence-corrected chi connectivity index (χ4v) is 1.21. The minimum absolute atomic E-state index is 0.219. The largest absolute Gasteiger partial charge is 0.384 e. The minimum atomic E-state index is -0.319. The van der Waals surface area contributed by atoms with Crippen LogP contribution in [0.15, 0.2) is 18.2 Å². The van der Waals surface area contributed by atoms with Crippen molar-refractivity contribution in [3.05, 3.63) is 35.1 Å². The number of rotatable bonds is 4. The highest BCUT2D eigenvalue weighted by Crippen LogP contribution is 2.11. The summed E-state index contributed by atoms with van der Waals surface area (Å²) in [6.07, 6.45) is 0.918. The van der Waals surface area contributed by atoms with E-state index in [0.29, 0.717) is 17.7 Å². The van der Waals surface area contributed by atoms with Gasteiger partial charge in [0, 0.05) is 17.7 Å². The number of benzene rings is 1. The number of aliphatic hydroxyl groups excluding tert-OH is 1. The molecule has 0 fully saturated rings. The van der Waals surface area contributed by atoms with Crippen molar-refractivity contribution in [2.75, 3.05) is 13.2 Å². The number of aliphatic hydroxyl groups is 1. The van der Waals surface area contributed by atoms with E-state index in [2.05, 4.69) is 11.8 Å². The predicted octanol–water partition coefficient (Wildman–Crippen LogP) is 2.10. The second kappa shape index (κ2) is 7.00. The molecule has 1 rings (SSSR count). The molecule has 0 atom stereocenters. The summed E-state index contributed by atoms with van der Waals surface area (Å²) in [6, 6.07) is 4.73. The molecule has 1 aromatic carbocycles. The number of hydrogen-bond donors (Lipinski definition) is 1. The van der Waals surface area contributed by atoms with Crippen LogP contribution in [0.2, 0.25) is 0 Å². The zero-order valence-electron chi connectivity index (χ0n) is 9.29. The highest BCUT2D eigenvalue weighted by Gasteiger charge is 2.02. The van der Waals surface area contributed by atoms with Gasteiger partial charge in [-0.3, -0.25) is 0 Å². The molecule has 0 aromatic heterocycles. The van der Waals surface area contributed by atoms with E-state index >= 15 is 0 Å². The summed E-state index contributed by atoms with van der Waals surface area (Å²) < 4.78 is 18.7. The Morgan fingerprint density at radius 1 is 1.44 bits per heavy atom. The molecule has 0 aliphatic carbocycles. The number of halogens is 1. The Morgan fingerprint density at radius 3 is 2.88 bits per heavy atom. The molecule has 3 heteroatoms. The Labute approximate surface area is 95.1 Å². The van der Waals surface area contributed by atoms with Gasteiger partial charge in [0.2, 0.25) is 0 Å². The summed E-state index contributed by atoms with van der Waals surface area (Å²) in [5.41, 5.74) is 1.09. The summed E-state index contributed by atoms with van der Waals surface area (Å²) in [7, 11) is 0. The average Bonchev–Trinajstić information content (AvgIpc) is 2.29. The van der Waals surface area contributed by atoms with Crippen LogP contribution in [0.1, 0.15) is 24.5 Å². The van der Waals surface area contributed by atoms with E-state index in [0.717, 1.165) is 6.42 Å². The summed E-state index contributed by atoms with van der Waals surface area (Å²) in [5, 5.41) is 8.51. The standard InChI is InChI=1S/C13H15FO2/c1-2-8-16-10-12-6-5-11(4-3-7-15)9-13(12)14/h5-6,9,15H,2,7-8,10H2,1H3. The number of hydrogen-bond acceptors (Lipinski definition) is 2. The molecular formula is C13H15FO2. The highest BCUT2D eigenvalue weighted by molar-refractivity contribution is 5.36. The van der Waals surface area contributed by atoms with Crippen molar-refractivity contribution in [2.45, 2.75) is 20.0 Å². The molecule has 1 aromatic rings. The van der Waals surface area contributed by atoms with Crippen molar-refractivity contribution in [1.29, 1.82) is 0 Å². The Bertz CT molecular complexity index is 391. The van der Waals surface area contributed by atoms with Crippen molar-refractivity contribution in [1.82, 2.24) is 0 Å².